The molecule has 2 amide bonds. The molecule has 0 saturated carbocycles. The van der Waals surface area contributed by atoms with Crippen LogP contribution >= 0.6 is 39.9 Å². The minimum Gasteiger partial charge on any atom is -0.492 e. The summed E-state index contributed by atoms with van der Waals surface area (Å²) >= 11 is 9.89. The number of nitrogens with one attached hydrogen (secondary N) is 1. The molecule has 1 fully saturated rings. The lowest BCUT2D eigenvalue weighted by Gasteiger charge is -2.16. The summed E-state index contributed by atoms with van der Waals surface area (Å²) in [7, 11) is 1.56. The first-order chi connectivity index (χ1) is 14.3. The molecule has 1 aliphatic rings. The molecule has 1 heterocycles. The molecular weight excluding hydrogens is 488 g/mol. The van der Waals surface area contributed by atoms with Crippen LogP contribution in [0.2, 0.25) is 0 Å². The number of rotatable bonds is 6. The summed E-state index contributed by atoms with van der Waals surface area (Å²) < 4.78 is 11.9. The van der Waals surface area contributed by atoms with Crippen LogP contribution in [0.3, 0.4) is 0 Å². The smallest absolute Gasteiger partial charge is 0.285 e. The highest BCUT2D eigenvalue weighted by Gasteiger charge is 2.34. The predicted octanol–water partition coefficient (Wildman–Crippen LogP) is 4.71. The summed E-state index contributed by atoms with van der Waals surface area (Å²) in [5, 5.41) is 1.10. The zero-order chi connectivity index (χ0) is 21.8. The van der Waals surface area contributed by atoms with E-state index in [1.807, 2.05) is 32.0 Å². The van der Waals surface area contributed by atoms with Crippen molar-refractivity contribution in [2.24, 2.45) is 0 Å². The van der Waals surface area contributed by atoms with E-state index in [0.717, 1.165) is 27.9 Å². The number of hydrogen-bond donors (Lipinski definition) is 1. The molecule has 156 valence electrons. The molecule has 9 heteroatoms. The van der Waals surface area contributed by atoms with Gasteiger partial charge >= 0.3 is 0 Å². The van der Waals surface area contributed by atoms with Crippen LogP contribution in [0.4, 0.5) is 0 Å². The average Bonchev–Trinajstić information content (AvgIpc) is 2.96. The van der Waals surface area contributed by atoms with Crippen LogP contribution < -0.4 is 14.9 Å². The number of benzene rings is 2. The van der Waals surface area contributed by atoms with Gasteiger partial charge in [-0.1, -0.05) is 30.0 Å². The molecule has 0 radical (unpaired) electrons. The van der Waals surface area contributed by atoms with E-state index in [0.29, 0.717) is 33.0 Å². The Morgan fingerprint density at radius 3 is 2.73 bits per heavy atom. The van der Waals surface area contributed by atoms with E-state index in [4.69, 9.17) is 21.7 Å². The molecule has 2 aromatic rings. The fourth-order valence-electron chi connectivity index (χ4n) is 2.84. The maximum absolute atomic E-state index is 12.9. The van der Waals surface area contributed by atoms with E-state index in [1.54, 1.807) is 31.4 Å². The second kappa shape index (κ2) is 9.63. The average molecular weight is 507 g/mol. The molecule has 2 aromatic carbocycles. The van der Waals surface area contributed by atoms with Crippen LogP contribution in [0.1, 0.15) is 28.4 Å². The molecule has 1 saturated heterocycles. The van der Waals surface area contributed by atoms with Gasteiger partial charge in [-0.25, -0.2) is 0 Å². The van der Waals surface area contributed by atoms with Gasteiger partial charge in [0.1, 0.15) is 0 Å². The number of halogens is 1. The number of methoxy groups -OCH3 is 1. The quantitative estimate of drug-likeness (QED) is 0.451. The van der Waals surface area contributed by atoms with Crippen molar-refractivity contribution in [2.45, 2.75) is 13.8 Å². The SMILES string of the molecule is CCOc1cc(/C=C2\SC(=S)N(NC(=O)c3ccccc3C)C2=O)cc(Br)c1OC. The Hall–Kier alpha value is -2.36. The zero-order valence-electron chi connectivity index (χ0n) is 16.5. The van der Waals surface area contributed by atoms with Gasteiger partial charge in [0, 0.05) is 5.56 Å². The van der Waals surface area contributed by atoms with Crippen LogP contribution in [0, 0.1) is 6.92 Å². The van der Waals surface area contributed by atoms with Crippen LogP contribution in [0.15, 0.2) is 45.8 Å². The molecule has 1 aliphatic heterocycles. The third-order valence-electron chi connectivity index (χ3n) is 4.23. The lowest BCUT2D eigenvalue weighted by molar-refractivity contribution is -0.123. The van der Waals surface area contributed by atoms with Crippen molar-refractivity contribution in [3.05, 3.63) is 62.5 Å². The van der Waals surface area contributed by atoms with E-state index in [2.05, 4.69) is 21.4 Å². The molecule has 0 bridgehead atoms. The highest BCUT2D eigenvalue weighted by atomic mass is 79.9. The van der Waals surface area contributed by atoms with Gasteiger partial charge in [0.05, 0.1) is 23.1 Å². The number of thiocarbonyl (C=S) groups is 1. The maximum Gasteiger partial charge on any atom is 0.285 e. The Balaban J connectivity index is 1.85. The predicted molar refractivity (Wildman–Crippen MR) is 126 cm³/mol. The van der Waals surface area contributed by atoms with Gasteiger partial charge in [-0.05, 0) is 77.4 Å². The normalized spacial score (nSPS) is 14.9. The molecule has 0 aliphatic carbocycles. The van der Waals surface area contributed by atoms with E-state index < -0.39 is 11.8 Å². The second-order valence-electron chi connectivity index (χ2n) is 6.24. The molecule has 0 spiro atoms. The van der Waals surface area contributed by atoms with Crippen molar-refractivity contribution in [1.29, 1.82) is 0 Å². The molecule has 3 rings (SSSR count). The number of thioether (sulfide) groups is 1. The molecule has 6 nitrogen and oxygen atoms in total. The summed E-state index contributed by atoms with van der Waals surface area (Å²) in [6.45, 7) is 4.18. The number of hydrogen-bond acceptors (Lipinski definition) is 6. The number of aryl methyl sites for hydroxylation is 1. The fraction of sp³-hybridized carbons (Fsp3) is 0.190. The lowest BCUT2D eigenvalue weighted by Crippen LogP contribution is -2.45. The summed E-state index contributed by atoms with van der Waals surface area (Å²) in [6, 6.07) is 10.7. The van der Waals surface area contributed by atoms with Crippen molar-refractivity contribution < 1.29 is 19.1 Å². The van der Waals surface area contributed by atoms with E-state index >= 15 is 0 Å². The molecular formula is C21H19BrN2O4S2. The number of hydrazine groups is 1. The highest BCUT2D eigenvalue weighted by molar-refractivity contribution is 9.10. The van der Waals surface area contributed by atoms with Gasteiger partial charge in [-0.2, -0.15) is 5.01 Å². The highest BCUT2D eigenvalue weighted by Crippen LogP contribution is 2.38. The number of carbonyl (C=O) groups is 2. The van der Waals surface area contributed by atoms with Crippen molar-refractivity contribution in [2.75, 3.05) is 13.7 Å². The Bertz CT molecular complexity index is 1060. The van der Waals surface area contributed by atoms with E-state index in [9.17, 15) is 9.59 Å². The third-order valence-corrected chi connectivity index (χ3v) is 6.12. The molecule has 0 atom stereocenters. The van der Waals surface area contributed by atoms with Crippen molar-refractivity contribution in [3.8, 4) is 11.5 Å². The number of amides is 2. The Morgan fingerprint density at radius 2 is 2.07 bits per heavy atom. The van der Waals surface area contributed by atoms with Crippen LogP contribution in [-0.2, 0) is 4.79 Å². The van der Waals surface area contributed by atoms with Crippen LogP contribution in [0.5, 0.6) is 11.5 Å². The minimum absolute atomic E-state index is 0.255. The third kappa shape index (κ3) is 4.69. The van der Waals surface area contributed by atoms with E-state index in [-0.39, 0.29) is 4.32 Å². The summed E-state index contributed by atoms with van der Waals surface area (Å²) in [5.41, 5.74) is 4.62. The maximum atomic E-state index is 12.9. The van der Waals surface area contributed by atoms with Gasteiger partial charge in [0.2, 0.25) is 0 Å². The van der Waals surface area contributed by atoms with Crippen LogP contribution in [-0.4, -0.2) is 34.9 Å². The van der Waals surface area contributed by atoms with Crippen molar-refractivity contribution in [1.82, 2.24) is 10.4 Å². The first kappa shape index (κ1) is 22.3. The Kier molecular flexibility index (Phi) is 7.17. The van der Waals surface area contributed by atoms with Gasteiger partial charge in [-0.15, -0.1) is 0 Å². The molecule has 0 aromatic heterocycles. The van der Waals surface area contributed by atoms with Crippen molar-refractivity contribution in [3.63, 3.8) is 0 Å². The molecule has 1 N–H and O–H groups in total. The fourth-order valence-corrected chi connectivity index (χ4v) is 4.64. The number of nitrogens with zero attached hydrogens (tertiary/aromatic N) is 1. The van der Waals surface area contributed by atoms with Crippen molar-refractivity contribution >= 4 is 62.1 Å². The minimum atomic E-state index is -0.392. The number of ether oxygens (including phenoxy) is 2. The zero-order valence-corrected chi connectivity index (χ0v) is 19.7. The van der Waals surface area contributed by atoms with Gasteiger partial charge < -0.3 is 9.47 Å². The molecule has 0 unspecified atom stereocenters. The molecule has 30 heavy (non-hydrogen) atoms. The van der Waals surface area contributed by atoms with Gasteiger partial charge in [0.25, 0.3) is 11.8 Å². The standard InChI is InChI=1S/C21H19BrN2O4S2/c1-4-28-16-10-13(9-15(22)18(16)27-3)11-17-20(26)24(21(29)30-17)23-19(25)14-8-6-5-7-12(14)2/h5-11H,4H2,1-3H3,(H,23,25)/b17-11-. The van der Waals surface area contributed by atoms with Crippen LogP contribution in [0.25, 0.3) is 6.08 Å². The monoisotopic (exact) mass is 506 g/mol. The first-order valence-corrected chi connectivity index (χ1v) is 11.0. The second-order valence-corrected chi connectivity index (χ2v) is 8.77. The topological polar surface area (TPSA) is 67.9 Å². The summed E-state index contributed by atoms with van der Waals surface area (Å²) in [6.07, 6.45) is 1.70. The summed E-state index contributed by atoms with van der Waals surface area (Å²) in [5.74, 6) is 0.351. The van der Waals surface area contributed by atoms with E-state index in [1.165, 1.54) is 0 Å². The largest absolute Gasteiger partial charge is 0.492 e. The first-order valence-electron chi connectivity index (χ1n) is 9.00. The number of carbonyl (C=O) groups excluding carboxylic acids is 2. The van der Waals surface area contributed by atoms with Gasteiger partial charge in [0.15, 0.2) is 15.8 Å². The van der Waals surface area contributed by atoms with Gasteiger partial charge in [-0.3, -0.25) is 15.0 Å². The Morgan fingerprint density at radius 1 is 1.33 bits per heavy atom. The lowest BCUT2D eigenvalue weighted by atomic mass is 10.1. The Labute approximate surface area is 192 Å². The summed E-state index contributed by atoms with van der Waals surface area (Å²) in [4.78, 5) is 25.8.